The molecule has 0 bridgehead atoms. The van der Waals surface area contributed by atoms with E-state index >= 15 is 0 Å². The number of nitrogens with zero attached hydrogens (tertiary/aromatic N) is 3. The highest BCUT2D eigenvalue weighted by atomic mass is 16.5. The van der Waals surface area contributed by atoms with Crippen molar-refractivity contribution in [1.29, 1.82) is 5.26 Å². The molecule has 5 nitrogen and oxygen atoms in total. The molecule has 1 aromatic heterocycles. The van der Waals surface area contributed by atoms with Gasteiger partial charge in [-0.25, -0.2) is 4.98 Å². The number of fused-ring (bicyclic) bond motifs is 1. The van der Waals surface area contributed by atoms with E-state index in [9.17, 15) is 0 Å². The minimum Gasteiger partial charge on any atom is -0.477 e. The van der Waals surface area contributed by atoms with Crippen molar-refractivity contribution in [2.45, 2.75) is 6.92 Å². The molecule has 2 aromatic rings. The van der Waals surface area contributed by atoms with Gasteiger partial charge in [0.1, 0.15) is 6.07 Å². The topological polar surface area (TPSA) is 84.8 Å². The number of nitrogens with two attached hydrogens (primary N) is 1. The van der Waals surface area contributed by atoms with E-state index in [4.69, 9.17) is 15.7 Å². The van der Waals surface area contributed by atoms with Crippen molar-refractivity contribution < 1.29 is 4.74 Å². The summed E-state index contributed by atoms with van der Waals surface area (Å²) in [5, 5.41) is 9.51. The van der Waals surface area contributed by atoms with Gasteiger partial charge < -0.3 is 10.5 Å². The van der Waals surface area contributed by atoms with Crippen LogP contribution in [0.1, 0.15) is 12.7 Å². The van der Waals surface area contributed by atoms with E-state index in [-0.39, 0.29) is 5.82 Å². The summed E-state index contributed by atoms with van der Waals surface area (Å²) in [4.78, 5) is 8.07. The van der Waals surface area contributed by atoms with Crippen LogP contribution in [-0.4, -0.2) is 16.6 Å². The standard InChI is InChI=1S/C11H10N4O/c1-2-16-11-8-5-7(13)3-4-9(8)14-10(6-12)15-11/h3-5H,2,13H2,1H3. The number of nitriles is 1. The zero-order valence-electron chi connectivity index (χ0n) is 8.77. The summed E-state index contributed by atoms with van der Waals surface area (Å²) in [5.41, 5.74) is 6.95. The van der Waals surface area contributed by atoms with Gasteiger partial charge >= 0.3 is 0 Å². The molecule has 2 N–H and O–H groups in total. The first-order chi connectivity index (χ1) is 7.74. The van der Waals surface area contributed by atoms with E-state index in [0.29, 0.717) is 23.7 Å². The minimum absolute atomic E-state index is 0.0979. The molecule has 0 radical (unpaired) electrons. The number of aromatic nitrogens is 2. The second kappa shape index (κ2) is 4.03. The highest BCUT2D eigenvalue weighted by Gasteiger charge is 2.08. The fourth-order valence-corrected chi connectivity index (χ4v) is 1.41. The lowest BCUT2D eigenvalue weighted by molar-refractivity contribution is 0.330. The highest BCUT2D eigenvalue weighted by Crippen LogP contribution is 2.24. The molecule has 1 aromatic carbocycles. The van der Waals surface area contributed by atoms with Crippen LogP contribution in [0.5, 0.6) is 5.88 Å². The van der Waals surface area contributed by atoms with Gasteiger partial charge in [-0.3, -0.25) is 0 Å². The Bertz CT molecular complexity index is 574. The largest absolute Gasteiger partial charge is 0.477 e. The summed E-state index contributed by atoms with van der Waals surface area (Å²) in [5.74, 6) is 0.497. The Hall–Kier alpha value is -2.35. The third kappa shape index (κ3) is 1.73. The third-order valence-electron chi connectivity index (χ3n) is 2.07. The van der Waals surface area contributed by atoms with Crippen molar-refractivity contribution >= 4 is 16.6 Å². The van der Waals surface area contributed by atoms with Crippen LogP contribution >= 0.6 is 0 Å². The summed E-state index contributed by atoms with van der Waals surface area (Å²) in [7, 11) is 0. The Morgan fingerprint density at radius 3 is 2.94 bits per heavy atom. The average molecular weight is 214 g/mol. The number of benzene rings is 1. The average Bonchev–Trinajstić information content (AvgIpc) is 2.30. The van der Waals surface area contributed by atoms with Crippen molar-refractivity contribution in [2.24, 2.45) is 0 Å². The fraction of sp³-hybridized carbons (Fsp3) is 0.182. The van der Waals surface area contributed by atoms with Crippen LogP contribution in [0.25, 0.3) is 10.9 Å². The molecule has 1 heterocycles. The SMILES string of the molecule is CCOc1nc(C#N)nc2ccc(N)cc12. The maximum Gasteiger partial charge on any atom is 0.236 e. The molecule has 0 amide bonds. The van der Waals surface area contributed by atoms with E-state index in [0.717, 1.165) is 5.39 Å². The Balaban J connectivity index is 2.73. The maximum atomic E-state index is 8.79. The quantitative estimate of drug-likeness (QED) is 0.765. The van der Waals surface area contributed by atoms with Gasteiger partial charge in [0.15, 0.2) is 0 Å². The molecule has 0 saturated carbocycles. The van der Waals surface area contributed by atoms with Gasteiger partial charge in [-0.2, -0.15) is 10.2 Å². The van der Waals surface area contributed by atoms with Crippen LogP contribution in [0.15, 0.2) is 18.2 Å². The lowest BCUT2D eigenvalue weighted by Crippen LogP contribution is -2.00. The first-order valence-electron chi connectivity index (χ1n) is 4.84. The number of hydrogen-bond donors (Lipinski definition) is 1. The minimum atomic E-state index is 0.0979. The molecular formula is C11H10N4O. The van der Waals surface area contributed by atoms with Crippen LogP contribution in [0.4, 0.5) is 5.69 Å². The van der Waals surface area contributed by atoms with Crippen LogP contribution in [0.3, 0.4) is 0 Å². The molecule has 0 spiro atoms. The predicted molar refractivity (Wildman–Crippen MR) is 59.8 cm³/mol. The smallest absolute Gasteiger partial charge is 0.236 e. The lowest BCUT2D eigenvalue weighted by atomic mass is 10.2. The lowest BCUT2D eigenvalue weighted by Gasteiger charge is -2.06. The van der Waals surface area contributed by atoms with Crippen LogP contribution in [0, 0.1) is 11.3 Å². The summed E-state index contributed by atoms with van der Waals surface area (Å²) in [6.07, 6.45) is 0. The summed E-state index contributed by atoms with van der Waals surface area (Å²) in [6, 6.07) is 7.11. The molecule has 0 aliphatic carbocycles. The Labute approximate surface area is 92.5 Å². The Morgan fingerprint density at radius 2 is 2.25 bits per heavy atom. The summed E-state index contributed by atoms with van der Waals surface area (Å²) >= 11 is 0. The van der Waals surface area contributed by atoms with E-state index in [2.05, 4.69) is 9.97 Å². The number of ether oxygens (including phenoxy) is 1. The first kappa shape index (κ1) is 10.2. The second-order valence-electron chi connectivity index (χ2n) is 3.17. The van der Waals surface area contributed by atoms with Gasteiger partial charge in [0.25, 0.3) is 0 Å². The molecule has 80 valence electrons. The molecule has 0 atom stereocenters. The summed E-state index contributed by atoms with van der Waals surface area (Å²) < 4.78 is 5.36. The summed E-state index contributed by atoms with van der Waals surface area (Å²) in [6.45, 7) is 2.33. The van der Waals surface area contributed by atoms with Crippen molar-refractivity contribution in [2.75, 3.05) is 12.3 Å². The normalized spacial score (nSPS) is 10.0. The molecule has 16 heavy (non-hydrogen) atoms. The molecule has 5 heteroatoms. The van der Waals surface area contributed by atoms with E-state index < -0.39 is 0 Å². The van der Waals surface area contributed by atoms with Gasteiger partial charge in [0.05, 0.1) is 17.5 Å². The maximum absolute atomic E-state index is 8.79. The van der Waals surface area contributed by atoms with E-state index in [1.54, 1.807) is 18.2 Å². The number of rotatable bonds is 2. The molecule has 2 rings (SSSR count). The van der Waals surface area contributed by atoms with Gasteiger partial charge in [-0.15, -0.1) is 0 Å². The molecule has 0 unspecified atom stereocenters. The molecule has 0 saturated heterocycles. The van der Waals surface area contributed by atoms with Crippen molar-refractivity contribution in [3.8, 4) is 11.9 Å². The van der Waals surface area contributed by atoms with Crippen LogP contribution in [-0.2, 0) is 0 Å². The monoisotopic (exact) mass is 214 g/mol. The highest BCUT2D eigenvalue weighted by molar-refractivity contribution is 5.86. The zero-order chi connectivity index (χ0) is 11.5. The first-order valence-corrected chi connectivity index (χ1v) is 4.84. The molecular weight excluding hydrogens is 204 g/mol. The second-order valence-corrected chi connectivity index (χ2v) is 3.17. The number of hydrogen-bond acceptors (Lipinski definition) is 5. The third-order valence-corrected chi connectivity index (χ3v) is 2.07. The Kier molecular flexibility index (Phi) is 2.56. The van der Waals surface area contributed by atoms with Crippen molar-refractivity contribution in [1.82, 2.24) is 9.97 Å². The van der Waals surface area contributed by atoms with Crippen molar-refractivity contribution in [3.63, 3.8) is 0 Å². The number of nitrogen functional groups attached to an aromatic ring is 1. The fourth-order valence-electron chi connectivity index (χ4n) is 1.41. The van der Waals surface area contributed by atoms with Gasteiger partial charge in [-0.05, 0) is 25.1 Å². The van der Waals surface area contributed by atoms with Gasteiger partial charge in [0, 0.05) is 5.69 Å². The molecule has 0 fully saturated rings. The van der Waals surface area contributed by atoms with Gasteiger partial charge in [0.2, 0.25) is 11.7 Å². The predicted octanol–water partition coefficient (Wildman–Crippen LogP) is 1.48. The van der Waals surface area contributed by atoms with E-state index in [1.165, 1.54) is 0 Å². The van der Waals surface area contributed by atoms with Gasteiger partial charge in [-0.1, -0.05) is 0 Å². The van der Waals surface area contributed by atoms with Crippen LogP contribution < -0.4 is 10.5 Å². The Morgan fingerprint density at radius 1 is 1.44 bits per heavy atom. The van der Waals surface area contributed by atoms with Crippen LogP contribution in [0.2, 0.25) is 0 Å². The molecule has 0 aliphatic heterocycles. The van der Waals surface area contributed by atoms with E-state index in [1.807, 2.05) is 13.0 Å². The zero-order valence-corrected chi connectivity index (χ0v) is 8.77. The molecule has 0 aliphatic rings. The number of anilines is 1. The van der Waals surface area contributed by atoms with Crippen molar-refractivity contribution in [3.05, 3.63) is 24.0 Å².